The lowest BCUT2D eigenvalue weighted by molar-refractivity contribution is 0.0958. The van der Waals surface area contributed by atoms with Crippen molar-refractivity contribution < 1.29 is 18.5 Å². The van der Waals surface area contributed by atoms with Crippen LogP contribution in [0.4, 0.5) is 5.13 Å². The molecule has 2 N–H and O–H groups in total. The highest BCUT2D eigenvalue weighted by molar-refractivity contribution is 7.17. The van der Waals surface area contributed by atoms with Crippen LogP contribution in [0.5, 0.6) is 0 Å². The number of anilines is 1. The van der Waals surface area contributed by atoms with E-state index in [1.165, 1.54) is 12.3 Å². The molecule has 122 valence electrons. The van der Waals surface area contributed by atoms with E-state index in [0.29, 0.717) is 40.2 Å². The van der Waals surface area contributed by atoms with Crippen molar-refractivity contribution >= 4 is 28.3 Å². The molecule has 0 bridgehead atoms. The maximum absolute atomic E-state index is 12.3. The normalized spacial score (nSPS) is 13.9. The van der Waals surface area contributed by atoms with Gasteiger partial charge in [0.1, 0.15) is 4.88 Å². The summed E-state index contributed by atoms with van der Waals surface area (Å²) in [6, 6.07) is 4.91. The molecule has 4 heterocycles. The molecule has 2 amide bonds. The first-order valence-electron chi connectivity index (χ1n) is 7.30. The molecule has 0 aliphatic carbocycles. The molecule has 0 unspecified atom stereocenters. The molecule has 1 aliphatic rings. The van der Waals surface area contributed by atoms with Crippen LogP contribution in [0, 0.1) is 0 Å². The van der Waals surface area contributed by atoms with Crippen LogP contribution in [0.15, 0.2) is 33.4 Å². The molecule has 0 saturated heterocycles. The Hall–Kier alpha value is -2.94. The molecule has 9 heteroatoms. The number of carbonyl (C=O) groups is 2. The van der Waals surface area contributed by atoms with E-state index in [9.17, 15) is 9.59 Å². The number of amides is 2. The van der Waals surface area contributed by atoms with E-state index in [-0.39, 0.29) is 11.6 Å². The lowest BCUT2D eigenvalue weighted by Crippen LogP contribution is -2.21. The number of aromatic nitrogens is 2. The van der Waals surface area contributed by atoms with E-state index in [1.807, 2.05) is 0 Å². The quantitative estimate of drug-likeness (QED) is 0.754. The minimum absolute atomic E-state index is 0.108. The highest BCUT2D eigenvalue weighted by atomic mass is 32.1. The van der Waals surface area contributed by atoms with Crippen LogP contribution in [0.2, 0.25) is 0 Å². The van der Waals surface area contributed by atoms with Crippen molar-refractivity contribution in [3.63, 3.8) is 0 Å². The summed E-state index contributed by atoms with van der Waals surface area (Å²) in [6.07, 6.45) is 3.03. The number of fused-ring (bicyclic) bond motifs is 1. The Morgan fingerprint density at radius 3 is 3.12 bits per heavy atom. The monoisotopic (exact) mass is 344 g/mol. The highest BCUT2D eigenvalue weighted by Gasteiger charge is 2.22. The van der Waals surface area contributed by atoms with Gasteiger partial charge in [0.2, 0.25) is 5.76 Å². The van der Waals surface area contributed by atoms with Gasteiger partial charge in [0.05, 0.1) is 12.0 Å². The first kappa shape index (κ1) is 14.6. The van der Waals surface area contributed by atoms with Crippen LogP contribution in [0.25, 0.3) is 11.5 Å². The largest absolute Gasteiger partial charge is 0.461 e. The van der Waals surface area contributed by atoms with Crippen LogP contribution in [0.1, 0.15) is 32.3 Å². The van der Waals surface area contributed by atoms with Crippen molar-refractivity contribution in [3.8, 4) is 11.5 Å². The van der Waals surface area contributed by atoms with Crippen LogP contribution in [-0.2, 0) is 6.42 Å². The van der Waals surface area contributed by atoms with Crippen LogP contribution in [-0.4, -0.2) is 28.5 Å². The molecule has 3 aromatic heterocycles. The molecule has 24 heavy (non-hydrogen) atoms. The summed E-state index contributed by atoms with van der Waals surface area (Å²) in [7, 11) is 0. The van der Waals surface area contributed by atoms with Gasteiger partial charge in [-0.2, -0.15) is 0 Å². The second kappa shape index (κ2) is 5.93. The number of thiazole rings is 1. The van der Waals surface area contributed by atoms with Crippen LogP contribution >= 0.6 is 11.3 Å². The van der Waals surface area contributed by atoms with Gasteiger partial charge in [-0.05, 0) is 25.0 Å². The number of hydrogen-bond acceptors (Lipinski definition) is 7. The first-order valence-corrected chi connectivity index (χ1v) is 8.12. The average Bonchev–Trinajstić information content (AvgIpc) is 3.29. The Morgan fingerprint density at radius 1 is 1.38 bits per heavy atom. The summed E-state index contributed by atoms with van der Waals surface area (Å²) in [6.45, 7) is 0.637. The smallest absolute Gasteiger partial charge is 0.279 e. The van der Waals surface area contributed by atoms with Gasteiger partial charge in [0, 0.05) is 12.6 Å². The second-order valence-corrected chi connectivity index (χ2v) is 6.16. The molecule has 8 nitrogen and oxygen atoms in total. The Bertz CT molecular complexity index is 897. The summed E-state index contributed by atoms with van der Waals surface area (Å²) in [5, 5.41) is 9.55. The minimum atomic E-state index is -0.458. The van der Waals surface area contributed by atoms with E-state index in [1.54, 1.807) is 12.1 Å². The van der Waals surface area contributed by atoms with Crippen molar-refractivity contribution in [2.24, 2.45) is 0 Å². The summed E-state index contributed by atoms with van der Waals surface area (Å²) < 4.78 is 10.3. The van der Waals surface area contributed by atoms with Gasteiger partial charge in [-0.25, -0.2) is 4.98 Å². The van der Waals surface area contributed by atoms with Crippen LogP contribution in [0.3, 0.4) is 0 Å². The van der Waals surface area contributed by atoms with E-state index < -0.39 is 5.91 Å². The molecule has 1 aliphatic heterocycles. The summed E-state index contributed by atoms with van der Waals surface area (Å²) >= 11 is 1.15. The number of rotatable bonds is 3. The Labute approximate surface area is 139 Å². The van der Waals surface area contributed by atoms with E-state index in [2.05, 4.69) is 20.8 Å². The lowest BCUT2D eigenvalue weighted by Gasteiger charge is -1.98. The lowest BCUT2D eigenvalue weighted by atomic mass is 10.2. The van der Waals surface area contributed by atoms with Gasteiger partial charge in [-0.3, -0.25) is 14.9 Å². The molecule has 0 radical (unpaired) electrons. The fraction of sp³-hybridized carbons (Fsp3) is 0.200. The molecule has 0 spiro atoms. The number of furan rings is 1. The van der Waals surface area contributed by atoms with Gasteiger partial charge in [-0.15, -0.1) is 0 Å². The van der Waals surface area contributed by atoms with Gasteiger partial charge in [0.15, 0.2) is 16.6 Å². The van der Waals surface area contributed by atoms with Crippen molar-refractivity contribution in [1.29, 1.82) is 0 Å². The van der Waals surface area contributed by atoms with Gasteiger partial charge in [-0.1, -0.05) is 16.5 Å². The van der Waals surface area contributed by atoms with Crippen molar-refractivity contribution in [1.82, 2.24) is 15.5 Å². The summed E-state index contributed by atoms with van der Waals surface area (Å²) in [5.74, 6) is 0.238. The average molecular weight is 344 g/mol. The Kier molecular flexibility index (Phi) is 3.62. The fourth-order valence-electron chi connectivity index (χ4n) is 2.37. The topological polar surface area (TPSA) is 110 Å². The zero-order chi connectivity index (χ0) is 16.5. The molecule has 4 rings (SSSR count). The standard InChI is InChI=1S/C15H12N4O4S/c20-13(9-7-11(23-19-9)10-4-2-6-22-10)18-15-17-8-3-1-5-16-14(21)12(8)24-15/h2,4,6-7H,1,3,5H2,(H,16,21)(H,17,18,20). The molecule has 0 aromatic carbocycles. The Morgan fingerprint density at radius 2 is 2.29 bits per heavy atom. The highest BCUT2D eigenvalue weighted by Crippen LogP contribution is 2.26. The van der Waals surface area contributed by atoms with Crippen molar-refractivity contribution in [2.75, 3.05) is 11.9 Å². The van der Waals surface area contributed by atoms with E-state index in [0.717, 1.165) is 17.8 Å². The summed E-state index contributed by atoms with van der Waals surface area (Å²) in [4.78, 5) is 29.1. The third kappa shape index (κ3) is 2.69. The maximum Gasteiger partial charge on any atom is 0.279 e. The fourth-order valence-corrected chi connectivity index (χ4v) is 3.29. The van der Waals surface area contributed by atoms with E-state index >= 15 is 0 Å². The Balaban J connectivity index is 1.52. The first-order chi connectivity index (χ1) is 11.7. The number of hydrogen-bond donors (Lipinski definition) is 2. The van der Waals surface area contributed by atoms with Gasteiger partial charge in [0.25, 0.3) is 11.8 Å². The third-order valence-electron chi connectivity index (χ3n) is 3.51. The van der Waals surface area contributed by atoms with Crippen molar-refractivity contribution in [2.45, 2.75) is 12.8 Å². The summed E-state index contributed by atoms with van der Waals surface area (Å²) in [5.41, 5.74) is 0.818. The maximum atomic E-state index is 12.3. The third-order valence-corrected chi connectivity index (χ3v) is 4.52. The SMILES string of the molecule is O=C(Nc1nc2c(s1)C(=O)NCCC2)c1cc(-c2ccco2)on1. The number of carbonyl (C=O) groups excluding carboxylic acids is 2. The minimum Gasteiger partial charge on any atom is -0.461 e. The molecular formula is C15H12N4O4S. The van der Waals surface area contributed by atoms with Crippen LogP contribution < -0.4 is 10.6 Å². The number of nitrogens with one attached hydrogen (secondary N) is 2. The second-order valence-electron chi connectivity index (χ2n) is 5.16. The molecule has 0 saturated carbocycles. The van der Waals surface area contributed by atoms with Crippen molar-refractivity contribution in [3.05, 3.63) is 40.7 Å². The number of nitrogens with zero attached hydrogens (tertiary/aromatic N) is 2. The predicted octanol–water partition coefficient (Wildman–Crippen LogP) is 2.32. The zero-order valence-electron chi connectivity index (χ0n) is 12.4. The molecule has 3 aromatic rings. The molecule has 0 atom stereocenters. The zero-order valence-corrected chi connectivity index (χ0v) is 13.2. The number of aryl methyl sites for hydroxylation is 1. The van der Waals surface area contributed by atoms with E-state index in [4.69, 9.17) is 8.94 Å². The predicted molar refractivity (Wildman–Crippen MR) is 84.9 cm³/mol. The van der Waals surface area contributed by atoms with Gasteiger partial charge < -0.3 is 14.3 Å². The molecule has 0 fully saturated rings. The van der Waals surface area contributed by atoms with Gasteiger partial charge >= 0.3 is 0 Å². The molecular weight excluding hydrogens is 332 g/mol.